The molecule has 4 heteroatoms. The smallest absolute Gasteiger partial charge is 0.159 e. The van der Waals surface area contributed by atoms with Gasteiger partial charge in [-0.25, -0.2) is 8.78 Å². The molecule has 0 radical (unpaired) electrons. The van der Waals surface area contributed by atoms with Crippen molar-refractivity contribution in [2.45, 2.75) is 19.0 Å². The van der Waals surface area contributed by atoms with Crippen LogP contribution in [0.5, 0.6) is 0 Å². The molecule has 0 aliphatic rings. The molecular weight excluding hydrogens is 260 g/mol. The molecule has 2 aromatic carbocycles. The standard InChI is InChI=1S/C16H17F2NO/c1-16(11-20,13-7-8-14(17)15(18)9-13)19-10-12-5-3-2-4-6-12/h2-9,19-20H,10-11H2,1H3. The first kappa shape index (κ1) is 14.6. The maximum Gasteiger partial charge on any atom is 0.159 e. The van der Waals surface area contributed by atoms with E-state index < -0.39 is 17.2 Å². The highest BCUT2D eigenvalue weighted by Gasteiger charge is 2.26. The van der Waals surface area contributed by atoms with E-state index in [4.69, 9.17) is 0 Å². The normalized spacial score (nSPS) is 14.0. The highest BCUT2D eigenvalue weighted by atomic mass is 19.2. The van der Waals surface area contributed by atoms with Crippen molar-refractivity contribution in [1.82, 2.24) is 5.32 Å². The summed E-state index contributed by atoms with van der Waals surface area (Å²) in [6, 6.07) is 13.3. The number of aliphatic hydroxyl groups is 1. The maximum atomic E-state index is 13.3. The Morgan fingerprint density at radius 2 is 1.75 bits per heavy atom. The highest BCUT2D eigenvalue weighted by Crippen LogP contribution is 2.22. The van der Waals surface area contributed by atoms with Crippen LogP contribution in [0.1, 0.15) is 18.1 Å². The molecule has 0 aromatic heterocycles. The van der Waals surface area contributed by atoms with Gasteiger partial charge in [-0.1, -0.05) is 36.4 Å². The minimum atomic E-state index is -0.913. The molecular formula is C16H17F2NO. The summed E-state index contributed by atoms with van der Waals surface area (Å²) in [6.07, 6.45) is 0. The Labute approximate surface area is 117 Å². The van der Waals surface area contributed by atoms with Gasteiger partial charge in [-0.15, -0.1) is 0 Å². The number of rotatable bonds is 5. The quantitative estimate of drug-likeness (QED) is 0.880. The summed E-state index contributed by atoms with van der Waals surface area (Å²) in [6.45, 7) is 2.06. The lowest BCUT2D eigenvalue weighted by atomic mass is 9.92. The SMILES string of the molecule is CC(CO)(NCc1ccccc1)c1ccc(F)c(F)c1. The van der Waals surface area contributed by atoms with Crippen LogP contribution < -0.4 is 5.32 Å². The van der Waals surface area contributed by atoms with Gasteiger partial charge >= 0.3 is 0 Å². The van der Waals surface area contributed by atoms with Crippen molar-refractivity contribution in [3.63, 3.8) is 0 Å². The summed E-state index contributed by atoms with van der Waals surface area (Å²) in [4.78, 5) is 0. The van der Waals surface area contributed by atoms with Gasteiger partial charge in [0.25, 0.3) is 0 Å². The van der Waals surface area contributed by atoms with Crippen LogP contribution in [0.3, 0.4) is 0 Å². The molecule has 2 nitrogen and oxygen atoms in total. The van der Waals surface area contributed by atoms with E-state index in [-0.39, 0.29) is 6.61 Å². The van der Waals surface area contributed by atoms with E-state index in [1.807, 2.05) is 30.3 Å². The Bertz CT molecular complexity index is 574. The Morgan fingerprint density at radius 1 is 1.05 bits per heavy atom. The third-order valence-electron chi connectivity index (χ3n) is 3.40. The highest BCUT2D eigenvalue weighted by molar-refractivity contribution is 5.26. The van der Waals surface area contributed by atoms with Crippen LogP contribution >= 0.6 is 0 Å². The number of benzene rings is 2. The molecule has 0 aliphatic carbocycles. The lowest BCUT2D eigenvalue weighted by Crippen LogP contribution is -2.42. The van der Waals surface area contributed by atoms with Gasteiger partial charge in [0.15, 0.2) is 11.6 Å². The number of halogens is 2. The van der Waals surface area contributed by atoms with Crippen LogP contribution in [0.4, 0.5) is 8.78 Å². The van der Waals surface area contributed by atoms with Crippen molar-refractivity contribution in [2.24, 2.45) is 0 Å². The van der Waals surface area contributed by atoms with Crippen LogP contribution in [-0.4, -0.2) is 11.7 Å². The van der Waals surface area contributed by atoms with Crippen molar-refractivity contribution in [3.8, 4) is 0 Å². The van der Waals surface area contributed by atoms with Crippen molar-refractivity contribution >= 4 is 0 Å². The fraction of sp³-hybridized carbons (Fsp3) is 0.250. The van der Waals surface area contributed by atoms with Crippen LogP contribution in [0.2, 0.25) is 0 Å². The molecule has 2 N–H and O–H groups in total. The van der Waals surface area contributed by atoms with E-state index in [0.717, 1.165) is 17.7 Å². The zero-order valence-electron chi connectivity index (χ0n) is 11.2. The summed E-state index contributed by atoms with van der Waals surface area (Å²) in [5, 5.41) is 12.8. The molecule has 0 saturated carbocycles. The summed E-state index contributed by atoms with van der Waals surface area (Å²) in [7, 11) is 0. The van der Waals surface area contributed by atoms with Gasteiger partial charge in [0.05, 0.1) is 12.1 Å². The summed E-state index contributed by atoms with van der Waals surface area (Å²) in [5.41, 5.74) is 0.731. The van der Waals surface area contributed by atoms with Gasteiger partial charge in [-0.2, -0.15) is 0 Å². The number of hydrogen-bond donors (Lipinski definition) is 2. The van der Waals surface area contributed by atoms with E-state index in [2.05, 4.69) is 5.32 Å². The molecule has 1 unspecified atom stereocenters. The molecule has 0 aliphatic heterocycles. The predicted molar refractivity (Wildman–Crippen MR) is 74.1 cm³/mol. The molecule has 20 heavy (non-hydrogen) atoms. The Kier molecular flexibility index (Phi) is 4.47. The van der Waals surface area contributed by atoms with E-state index >= 15 is 0 Å². The second kappa shape index (κ2) is 6.11. The molecule has 1 atom stereocenters. The second-order valence-electron chi connectivity index (χ2n) is 4.96. The summed E-state index contributed by atoms with van der Waals surface area (Å²) < 4.78 is 26.3. The first-order valence-electron chi connectivity index (χ1n) is 6.40. The molecule has 0 fully saturated rings. The Hall–Kier alpha value is -1.78. The molecule has 0 saturated heterocycles. The second-order valence-corrected chi connectivity index (χ2v) is 4.96. The molecule has 0 spiro atoms. The predicted octanol–water partition coefficient (Wildman–Crippen LogP) is 2.96. The fourth-order valence-electron chi connectivity index (χ4n) is 1.98. The molecule has 0 amide bonds. The molecule has 2 aromatic rings. The lowest BCUT2D eigenvalue weighted by Gasteiger charge is -2.29. The summed E-state index contributed by atoms with van der Waals surface area (Å²) >= 11 is 0. The molecule has 2 rings (SSSR count). The minimum absolute atomic E-state index is 0.217. The van der Waals surface area contributed by atoms with Gasteiger partial charge in [-0.05, 0) is 30.2 Å². The van der Waals surface area contributed by atoms with E-state index in [1.54, 1.807) is 6.92 Å². The first-order valence-corrected chi connectivity index (χ1v) is 6.40. The number of nitrogens with one attached hydrogen (secondary N) is 1. The monoisotopic (exact) mass is 277 g/mol. The van der Waals surface area contributed by atoms with E-state index in [9.17, 15) is 13.9 Å². The molecule has 0 heterocycles. The zero-order chi connectivity index (χ0) is 14.6. The van der Waals surface area contributed by atoms with Gasteiger partial charge in [0.1, 0.15) is 0 Å². The van der Waals surface area contributed by atoms with Crippen molar-refractivity contribution in [1.29, 1.82) is 0 Å². The van der Waals surface area contributed by atoms with Crippen LogP contribution in [0.25, 0.3) is 0 Å². The van der Waals surface area contributed by atoms with Gasteiger partial charge < -0.3 is 10.4 Å². The van der Waals surface area contributed by atoms with Crippen LogP contribution in [0, 0.1) is 11.6 Å². The average Bonchev–Trinajstić information content (AvgIpc) is 2.48. The van der Waals surface area contributed by atoms with Crippen molar-refractivity contribution in [3.05, 3.63) is 71.3 Å². The largest absolute Gasteiger partial charge is 0.394 e. The van der Waals surface area contributed by atoms with E-state index in [0.29, 0.717) is 12.1 Å². The maximum absolute atomic E-state index is 13.3. The third-order valence-corrected chi connectivity index (χ3v) is 3.40. The number of hydrogen-bond acceptors (Lipinski definition) is 2. The lowest BCUT2D eigenvalue weighted by molar-refractivity contribution is 0.173. The van der Waals surface area contributed by atoms with Crippen molar-refractivity contribution in [2.75, 3.05) is 6.61 Å². The minimum Gasteiger partial charge on any atom is -0.394 e. The molecule has 0 bridgehead atoms. The number of aliphatic hydroxyl groups excluding tert-OH is 1. The van der Waals surface area contributed by atoms with E-state index in [1.165, 1.54) is 6.07 Å². The van der Waals surface area contributed by atoms with Crippen molar-refractivity contribution < 1.29 is 13.9 Å². The zero-order valence-corrected chi connectivity index (χ0v) is 11.2. The van der Waals surface area contributed by atoms with Gasteiger partial charge in [0.2, 0.25) is 0 Å². The summed E-state index contributed by atoms with van der Waals surface area (Å²) in [5.74, 6) is -1.80. The van der Waals surface area contributed by atoms with Gasteiger partial charge in [-0.3, -0.25) is 0 Å². The van der Waals surface area contributed by atoms with Gasteiger partial charge in [0, 0.05) is 6.54 Å². The fourth-order valence-corrected chi connectivity index (χ4v) is 1.98. The average molecular weight is 277 g/mol. The Balaban J connectivity index is 2.18. The van der Waals surface area contributed by atoms with Crippen LogP contribution in [0.15, 0.2) is 48.5 Å². The Morgan fingerprint density at radius 3 is 2.35 bits per heavy atom. The third kappa shape index (κ3) is 3.21. The first-order chi connectivity index (χ1) is 9.55. The topological polar surface area (TPSA) is 32.3 Å². The van der Waals surface area contributed by atoms with Crippen LogP contribution in [-0.2, 0) is 12.1 Å². The molecule has 106 valence electrons.